The van der Waals surface area contributed by atoms with Crippen molar-refractivity contribution in [3.05, 3.63) is 30.5 Å². The van der Waals surface area contributed by atoms with Gasteiger partial charge in [-0.25, -0.2) is 0 Å². The van der Waals surface area contributed by atoms with Gasteiger partial charge >= 0.3 is 0 Å². The minimum absolute atomic E-state index is 0.0344. The monoisotopic (exact) mass is 396 g/mol. The number of carbonyl (C=O) groups is 1. The summed E-state index contributed by atoms with van der Waals surface area (Å²) >= 11 is 1.29. The fourth-order valence-corrected chi connectivity index (χ4v) is 5.64. The fourth-order valence-electron chi connectivity index (χ4n) is 5.06. The van der Waals surface area contributed by atoms with Gasteiger partial charge in [0.05, 0.1) is 11.3 Å². The molecule has 1 aromatic carbocycles. The fraction of sp³-hybridized carbons (Fsp3) is 0.476. The van der Waals surface area contributed by atoms with Crippen molar-refractivity contribution in [2.24, 2.45) is 17.8 Å². The minimum Gasteiger partial charge on any atom is -0.411 e. The molecule has 6 nitrogen and oxygen atoms in total. The molecular formula is C21H24N4O2S. The van der Waals surface area contributed by atoms with E-state index in [2.05, 4.69) is 27.4 Å². The second-order valence-electron chi connectivity index (χ2n) is 8.10. The summed E-state index contributed by atoms with van der Waals surface area (Å²) in [5, 5.41) is 12.9. The third-order valence-electron chi connectivity index (χ3n) is 6.38. The van der Waals surface area contributed by atoms with E-state index in [-0.39, 0.29) is 11.9 Å². The van der Waals surface area contributed by atoms with E-state index in [9.17, 15) is 4.79 Å². The molecule has 0 spiro atoms. The molecule has 2 saturated carbocycles. The smallest absolute Gasteiger partial charge is 0.277 e. The molecule has 5 rings (SSSR count). The number of para-hydroxylation sites is 1. The molecular weight excluding hydrogens is 372 g/mol. The summed E-state index contributed by atoms with van der Waals surface area (Å²) in [6.07, 6.45) is 7.22. The Balaban J connectivity index is 1.18. The van der Waals surface area contributed by atoms with Gasteiger partial charge in [-0.3, -0.25) is 4.79 Å². The van der Waals surface area contributed by atoms with E-state index < -0.39 is 0 Å². The maximum atomic E-state index is 12.4. The summed E-state index contributed by atoms with van der Waals surface area (Å²) in [5.41, 5.74) is 1.91. The first-order valence-electron chi connectivity index (χ1n) is 9.99. The first-order chi connectivity index (χ1) is 13.7. The van der Waals surface area contributed by atoms with Crippen LogP contribution in [0.5, 0.6) is 0 Å². The maximum Gasteiger partial charge on any atom is 0.277 e. The highest BCUT2D eigenvalue weighted by Gasteiger charge is 2.42. The van der Waals surface area contributed by atoms with Crippen molar-refractivity contribution in [3.63, 3.8) is 0 Å². The average molecular weight is 397 g/mol. The molecule has 7 heteroatoms. The summed E-state index contributed by atoms with van der Waals surface area (Å²) in [5.74, 6) is 3.14. The SMILES string of the molecule is C[C@@H](NC(=O)CSc1nnc(-c2c[nH]c3ccccc23)o1)[C@@H]1C[C@H]2CC[C@H]1C2. The third kappa shape index (κ3) is 3.32. The number of H-pyrrole nitrogens is 1. The highest BCUT2D eigenvalue weighted by atomic mass is 32.2. The number of carbonyl (C=O) groups excluding carboxylic acids is 1. The van der Waals surface area contributed by atoms with Crippen LogP contribution in [0.25, 0.3) is 22.4 Å². The molecule has 0 unspecified atom stereocenters. The Hall–Kier alpha value is -2.28. The van der Waals surface area contributed by atoms with Crippen LogP contribution in [-0.4, -0.2) is 32.9 Å². The number of hydrogen-bond donors (Lipinski definition) is 2. The number of fused-ring (bicyclic) bond motifs is 3. The van der Waals surface area contributed by atoms with Gasteiger partial charge in [-0.1, -0.05) is 36.4 Å². The highest BCUT2D eigenvalue weighted by molar-refractivity contribution is 7.99. The summed E-state index contributed by atoms with van der Waals surface area (Å²) in [6.45, 7) is 2.15. The number of benzene rings is 1. The van der Waals surface area contributed by atoms with Gasteiger partial charge in [0, 0.05) is 23.1 Å². The summed E-state index contributed by atoms with van der Waals surface area (Å²) in [4.78, 5) is 15.6. The quantitative estimate of drug-likeness (QED) is 0.609. The normalized spacial score (nSPS) is 24.7. The Morgan fingerprint density at radius 2 is 2.21 bits per heavy atom. The van der Waals surface area contributed by atoms with E-state index in [0.717, 1.165) is 28.3 Å². The largest absolute Gasteiger partial charge is 0.411 e. The number of thioether (sulfide) groups is 1. The van der Waals surface area contributed by atoms with Crippen molar-refractivity contribution >= 4 is 28.6 Å². The molecule has 3 aromatic rings. The molecule has 28 heavy (non-hydrogen) atoms. The Morgan fingerprint density at radius 1 is 1.32 bits per heavy atom. The lowest BCUT2D eigenvalue weighted by Gasteiger charge is -2.28. The molecule has 2 aromatic heterocycles. The molecule has 2 N–H and O–H groups in total. The first kappa shape index (κ1) is 17.8. The van der Waals surface area contributed by atoms with Crippen LogP contribution in [0, 0.1) is 17.8 Å². The lowest BCUT2D eigenvalue weighted by atomic mass is 9.84. The van der Waals surface area contributed by atoms with Gasteiger partial charge in [-0.2, -0.15) is 0 Å². The van der Waals surface area contributed by atoms with E-state index in [0.29, 0.717) is 22.8 Å². The molecule has 2 aliphatic rings. The molecule has 146 valence electrons. The van der Waals surface area contributed by atoms with E-state index in [1.54, 1.807) is 0 Å². The summed E-state index contributed by atoms with van der Waals surface area (Å²) in [7, 11) is 0. The topological polar surface area (TPSA) is 83.8 Å². The molecule has 2 heterocycles. The van der Waals surface area contributed by atoms with Gasteiger partial charge in [-0.15, -0.1) is 10.2 Å². The van der Waals surface area contributed by atoms with Crippen LogP contribution in [0.3, 0.4) is 0 Å². The van der Waals surface area contributed by atoms with Crippen molar-refractivity contribution < 1.29 is 9.21 Å². The Bertz CT molecular complexity index is 997. The summed E-state index contributed by atoms with van der Waals surface area (Å²) in [6, 6.07) is 8.23. The molecule has 2 bridgehead atoms. The van der Waals surface area contributed by atoms with Crippen molar-refractivity contribution in [2.45, 2.75) is 43.9 Å². The highest BCUT2D eigenvalue weighted by Crippen LogP contribution is 2.49. The lowest BCUT2D eigenvalue weighted by molar-refractivity contribution is -0.119. The number of aromatic amines is 1. The summed E-state index contributed by atoms with van der Waals surface area (Å²) < 4.78 is 5.77. The van der Waals surface area contributed by atoms with E-state index >= 15 is 0 Å². The zero-order valence-corrected chi connectivity index (χ0v) is 16.7. The molecule has 4 atom stereocenters. The lowest BCUT2D eigenvalue weighted by Crippen LogP contribution is -2.40. The molecule has 2 fully saturated rings. The average Bonchev–Trinajstić information content (AvgIpc) is 3.49. The van der Waals surface area contributed by atoms with Crippen LogP contribution < -0.4 is 5.32 Å². The number of aromatic nitrogens is 3. The number of amides is 1. The van der Waals surface area contributed by atoms with Crippen LogP contribution >= 0.6 is 11.8 Å². The number of nitrogens with one attached hydrogen (secondary N) is 2. The Kier molecular flexibility index (Phi) is 4.62. The van der Waals surface area contributed by atoms with E-state index in [1.165, 1.54) is 37.4 Å². The van der Waals surface area contributed by atoms with Crippen LogP contribution in [0.2, 0.25) is 0 Å². The van der Waals surface area contributed by atoms with Crippen molar-refractivity contribution in [1.29, 1.82) is 0 Å². The first-order valence-corrected chi connectivity index (χ1v) is 11.0. The number of hydrogen-bond acceptors (Lipinski definition) is 5. The van der Waals surface area contributed by atoms with Crippen LogP contribution in [-0.2, 0) is 4.79 Å². The van der Waals surface area contributed by atoms with Crippen molar-refractivity contribution in [3.8, 4) is 11.5 Å². The van der Waals surface area contributed by atoms with Crippen LogP contribution in [0.1, 0.15) is 32.6 Å². The Labute approximate surface area is 167 Å². The second kappa shape index (κ2) is 7.28. The molecule has 2 aliphatic carbocycles. The molecule has 0 aliphatic heterocycles. The van der Waals surface area contributed by atoms with E-state index in [1.807, 2.05) is 30.5 Å². The van der Waals surface area contributed by atoms with Gasteiger partial charge in [0.1, 0.15) is 0 Å². The minimum atomic E-state index is 0.0344. The van der Waals surface area contributed by atoms with Gasteiger partial charge in [0.15, 0.2) is 0 Å². The second-order valence-corrected chi connectivity index (χ2v) is 9.03. The van der Waals surface area contributed by atoms with Crippen molar-refractivity contribution in [2.75, 3.05) is 5.75 Å². The third-order valence-corrected chi connectivity index (χ3v) is 7.19. The van der Waals surface area contributed by atoms with Gasteiger partial charge in [0.2, 0.25) is 5.91 Å². The standard InChI is InChI=1S/C21H24N4O2S/c1-12(16-9-13-6-7-14(16)8-13)23-19(26)11-28-21-25-24-20(27-21)17-10-22-18-5-3-2-4-15(17)18/h2-5,10,12-14,16,22H,6-9,11H2,1H3,(H,23,26)/t12-,13+,14+,16+/m1/s1. The zero-order valence-electron chi connectivity index (χ0n) is 15.9. The van der Waals surface area contributed by atoms with Crippen LogP contribution in [0.4, 0.5) is 0 Å². The molecule has 0 saturated heterocycles. The predicted molar refractivity (Wildman–Crippen MR) is 109 cm³/mol. The molecule has 0 radical (unpaired) electrons. The zero-order chi connectivity index (χ0) is 19.1. The number of rotatable bonds is 6. The van der Waals surface area contributed by atoms with Crippen molar-refractivity contribution in [1.82, 2.24) is 20.5 Å². The number of nitrogens with zero attached hydrogens (tertiary/aromatic N) is 2. The molecule has 1 amide bonds. The van der Waals surface area contributed by atoms with Crippen LogP contribution in [0.15, 0.2) is 40.1 Å². The van der Waals surface area contributed by atoms with Gasteiger partial charge < -0.3 is 14.7 Å². The Morgan fingerprint density at radius 3 is 3.04 bits per heavy atom. The maximum absolute atomic E-state index is 12.4. The van der Waals surface area contributed by atoms with Gasteiger partial charge in [0.25, 0.3) is 11.1 Å². The predicted octanol–water partition coefficient (Wildman–Crippen LogP) is 4.25. The van der Waals surface area contributed by atoms with Gasteiger partial charge in [-0.05, 0) is 50.0 Å². The van der Waals surface area contributed by atoms with E-state index in [4.69, 9.17) is 4.42 Å².